The minimum atomic E-state index is -0.532. The van der Waals surface area contributed by atoms with E-state index in [-0.39, 0.29) is 22.9 Å². The number of halogens is 2. The summed E-state index contributed by atoms with van der Waals surface area (Å²) >= 11 is 5.78. The average molecular weight is 422 g/mol. The van der Waals surface area contributed by atoms with Gasteiger partial charge in [-0.05, 0) is 55.0 Å². The van der Waals surface area contributed by atoms with E-state index in [9.17, 15) is 14.0 Å². The van der Waals surface area contributed by atoms with Crippen LogP contribution >= 0.6 is 11.6 Å². The third-order valence-electron chi connectivity index (χ3n) is 4.81. The minimum Gasteiger partial charge on any atom is -0.325 e. The second-order valence-corrected chi connectivity index (χ2v) is 7.25. The SMILES string of the molecule is Cc1ncccc1-n1ccc2c(NC(=O)Cc3ccc(F)c(Cl)c3)cccc2c1=O. The number of rotatable bonds is 4. The van der Waals surface area contributed by atoms with Gasteiger partial charge < -0.3 is 5.32 Å². The maximum atomic E-state index is 13.3. The third-order valence-corrected chi connectivity index (χ3v) is 5.10. The molecule has 0 fully saturated rings. The van der Waals surface area contributed by atoms with Gasteiger partial charge in [-0.1, -0.05) is 23.7 Å². The number of aryl methyl sites for hydroxylation is 1. The zero-order chi connectivity index (χ0) is 21.3. The number of nitrogens with zero attached hydrogens (tertiary/aromatic N) is 2. The van der Waals surface area contributed by atoms with Crippen molar-refractivity contribution < 1.29 is 9.18 Å². The fourth-order valence-corrected chi connectivity index (χ4v) is 3.54. The number of fused-ring (bicyclic) bond motifs is 1. The lowest BCUT2D eigenvalue weighted by atomic mass is 10.1. The van der Waals surface area contributed by atoms with Crippen molar-refractivity contribution in [1.82, 2.24) is 9.55 Å². The summed E-state index contributed by atoms with van der Waals surface area (Å²) in [6, 6.07) is 14.7. The number of nitrogens with one attached hydrogen (secondary N) is 1. The monoisotopic (exact) mass is 421 g/mol. The summed E-state index contributed by atoms with van der Waals surface area (Å²) in [5, 5.41) is 3.90. The predicted molar refractivity (Wildman–Crippen MR) is 116 cm³/mol. The van der Waals surface area contributed by atoms with Crippen LogP contribution in [0.1, 0.15) is 11.3 Å². The van der Waals surface area contributed by atoms with E-state index in [1.54, 1.807) is 42.7 Å². The molecule has 2 aromatic heterocycles. The van der Waals surface area contributed by atoms with Gasteiger partial charge in [0.25, 0.3) is 5.56 Å². The molecular formula is C23H17ClFN3O2. The van der Waals surface area contributed by atoms with E-state index in [2.05, 4.69) is 10.3 Å². The molecule has 0 bridgehead atoms. The number of carbonyl (C=O) groups excluding carboxylic acids is 1. The molecule has 4 aromatic rings. The summed E-state index contributed by atoms with van der Waals surface area (Å²) in [7, 11) is 0. The second kappa shape index (κ2) is 8.08. The Morgan fingerprint density at radius 1 is 1.13 bits per heavy atom. The number of hydrogen-bond donors (Lipinski definition) is 1. The van der Waals surface area contributed by atoms with Crippen LogP contribution in [0.4, 0.5) is 10.1 Å². The van der Waals surface area contributed by atoms with Crippen LogP contribution in [0, 0.1) is 12.7 Å². The Balaban J connectivity index is 1.66. The third kappa shape index (κ3) is 3.82. The first-order valence-electron chi connectivity index (χ1n) is 9.24. The Hall–Kier alpha value is -3.51. The van der Waals surface area contributed by atoms with Crippen molar-refractivity contribution in [2.75, 3.05) is 5.32 Å². The molecule has 4 rings (SSSR count). The standard InChI is InChI=1S/C23H17ClFN3O2/c1-14-21(6-3-10-26-14)28-11-9-16-17(23(28)30)4-2-5-20(16)27-22(29)13-15-7-8-19(25)18(24)12-15/h2-12H,13H2,1H3,(H,27,29). The Labute approximate surface area is 176 Å². The largest absolute Gasteiger partial charge is 0.325 e. The molecule has 0 saturated heterocycles. The molecule has 0 aliphatic heterocycles. The Morgan fingerprint density at radius 2 is 1.97 bits per heavy atom. The van der Waals surface area contributed by atoms with Crippen LogP contribution in [0.2, 0.25) is 5.02 Å². The maximum absolute atomic E-state index is 13.3. The first-order valence-corrected chi connectivity index (χ1v) is 9.62. The van der Waals surface area contributed by atoms with E-state index in [4.69, 9.17) is 11.6 Å². The highest BCUT2D eigenvalue weighted by Crippen LogP contribution is 2.23. The summed E-state index contributed by atoms with van der Waals surface area (Å²) in [6.07, 6.45) is 3.37. The number of pyridine rings is 2. The van der Waals surface area contributed by atoms with E-state index in [0.717, 1.165) is 5.69 Å². The van der Waals surface area contributed by atoms with Gasteiger partial charge in [0.15, 0.2) is 0 Å². The highest BCUT2D eigenvalue weighted by atomic mass is 35.5. The van der Waals surface area contributed by atoms with E-state index < -0.39 is 5.82 Å². The van der Waals surface area contributed by atoms with Gasteiger partial charge in [-0.2, -0.15) is 0 Å². The highest BCUT2D eigenvalue weighted by molar-refractivity contribution is 6.30. The Morgan fingerprint density at radius 3 is 2.73 bits per heavy atom. The molecule has 1 amide bonds. The molecule has 5 nitrogen and oxygen atoms in total. The van der Waals surface area contributed by atoms with Gasteiger partial charge >= 0.3 is 0 Å². The molecule has 7 heteroatoms. The van der Waals surface area contributed by atoms with Crippen molar-refractivity contribution in [3.05, 3.63) is 99.4 Å². The average Bonchev–Trinajstić information content (AvgIpc) is 2.72. The highest BCUT2D eigenvalue weighted by Gasteiger charge is 2.12. The molecule has 0 saturated carbocycles. The van der Waals surface area contributed by atoms with E-state index in [1.807, 2.05) is 13.0 Å². The zero-order valence-corrected chi connectivity index (χ0v) is 16.8. The van der Waals surface area contributed by atoms with Crippen molar-refractivity contribution >= 4 is 34.0 Å². The smallest absolute Gasteiger partial charge is 0.263 e. The van der Waals surface area contributed by atoms with Gasteiger partial charge in [0.1, 0.15) is 5.82 Å². The lowest BCUT2D eigenvalue weighted by Gasteiger charge is -2.12. The van der Waals surface area contributed by atoms with Crippen LogP contribution in [0.15, 0.2) is 71.8 Å². The topological polar surface area (TPSA) is 64.0 Å². The van der Waals surface area contributed by atoms with Crippen LogP contribution in [0.3, 0.4) is 0 Å². The molecule has 1 N–H and O–H groups in total. The molecular weight excluding hydrogens is 405 g/mol. The van der Waals surface area contributed by atoms with Gasteiger partial charge in [0, 0.05) is 28.9 Å². The summed E-state index contributed by atoms with van der Waals surface area (Å²) in [4.78, 5) is 29.8. The summed E-state index contributed by atoms with van der Waals surface area (Å²) < 4.78 is 14.8. The molecule has 30 heavy (non-hydrogen) atoms. The van der Waals surface area contributed by atoms with E-state index >= 15 is 0 Å². The van der Waals surface area contributed by atoms with Gasteiger partial charge in [-0.25, -0.2) is 4.39 Å². The fourth-order valence-electron chi connectivity index (χ4n) is 3.34. The molecule has 2 heterocycles. The Bertz CT molecular complexity index is 1330. The fraction of sp³-hybridized carbons (Fsp3) is 0.0870. The van der Waals surface area contributed by atoms with Gasteiger partial charge in [-0.15, -0.1) is 0 Å². The molecule has 0 aliphatic carbocycles. The maximum Gasteiger partial charge on any atom is 0.263 e. The van der Waals surface area contributed by atoms with Crippen LogP contribution in [-0.4, -0.2) is 15.5 Å². The van der Waals surface area contributed by atoms with E-state index in [0.29, 0.717) is 27.7 Å². The number of carbonyl (C=O) groups is 1. The number of aromatic nitrogens is 2. The quantitative estimate of drug-likeness (QED) is 0.521. The van der Waals surface area contributed by atoms with Gasteiger partial charge in [0.2, 0.25) is 5.91 Å². The molecule has 2 aromatic carbocycles. The molecule has 150 valence electrons. The van der Waals surface area contributed by atoms with Crippen molar-refractivity contribution in [2.45, 2.75) is 13.3 Å². The summed E-state index contributed by atoms with van der Waals surface area (Å²) in [6.45, 7) is 1.84. The number of benzene rings is 2. The van der Waals surface area contributed by atoms with Crippen LogP contribution in [0.5, 0.6) is 0 Å². The van der Waals surface area contributed by atoms with E-state index in [1.165, 1.54) is 22.8 Å². The molecule has 0 unspecified atom stereocenters. The molecule has 0 aliphatic rings. The first-order chi connectivity index (χ1) is 14.4. The second-order valence-electron chi connectivity index (χ2n) is 6.84. The van der Waals surface area contributed by atoms with Crippen molar-refractivity contribution in [3.63, 3.8) is 0 Å². The number of amides is 1. The lowest BCUT2D eigenvalue weighted by Crippen LogP contribution is -2.20. The van der Waals surface area contributed by atoms with Gasteiger partial charge in [0.05, 0.1) is 22.8 Å². The number of anilines is 1. The molecule has 0 spiro atoms. The molecule has 0 atom stereocenters. The normalized spacial score (nSPS) is 10.9. The summed E-state index contributed by atoms with van der Waals surface area (Å²) in [5.41, 5.74) is 2.35. The Kier molecular flexibility index (Phi) is 5.33. The van der Waals surface area contributed by atoms with Gasteiger partial charge in [-0.3, -0.25) is 19.1 Å². The predicted octanol–water partition coefficient (Wildman–Crippen LogP) is 4.67. The number of hydrogen-bond acceptors (Lipinski definition) is 3. The van der Waals surface area contributed by atoms with Crippen molar-refractivity contribution in [1.29, 1.82) is 0 Å². The van der Waals surface area contributed by atoms with Crippen LogP contribution < -0.4 is 10.9 Å². The molecule has 0 radical (unpaired) electrons. The van der Waals surface area contributed by atoms with Crippen molar-refractivity contribution in [3.8, 4) is 5.69 Å². The summed E-state index contributed by atoms with van der Waals surface area (Å²) in [5.74, 6) is -0.826. The lowest BCUT2D eigenvalue weighted by molar-refractivity contribution is -0.115. The van der Waals surface area contributed by atoms with Crippen LogP contribution in [0.25, 0.3) is 16.5 Å². The first kappa shape index (κ1) is 19.8. The minimum absolute atomic E-state index is 0.0301. The van der Waals surface area contributed by atoms with Crippen LogP contribution in [-0.2, 0) is 11.2 Å². The zero-order valence-electron chi connectivity index (χ0n) is 16.0. The van der Waals surface area contributed by atoms with Crippen molar-refractivity contribution in [2.24, 2.45) is 0 Å².